The standard InChI is InChI=1S/C14H19N5/c1-13(2,3)19-12-14(6-4-5-7-14)18-11(9-16)10(8-15)17-12/h18H,4-7H2,1-3H3,(H,17,19). The Morgan fingerprint density at radius 3 is 2.16 bits per heavy atom. The van der Waals surface area contributed by atoms with Crippen molar-refractivity contribution in [2.45, 2.75) is 57.5 Å². The minimum atomic E-state index is -0.293. The minimum absolute atomic E-state index is 0.218. The molecule has 0 saturated heterocycles. The fraction of sp³-hybridized carbons (Fsp3) is 0.643. The molecular formula is C14H19N5. The lowest BCUT2D eigenvalue weighted by atomic mass is 9.92. The monoisotopic (exact) mass is 257 g/mol. The van der Waals surface area contributed by atoms with Gasteiger partial charge in [0.25, 0.3) is 0 Å². The molecule has 100 valence electrons. The first-order valence-corrected chi connectivity index (χ1v) is 6.60. The van der Waals surface area contributed by atoms with Crippen LogP contribution in [-0.4, -0.2) is 16.9 Å². The number of rotatable bonds is 0. The van der Waals surface area contributed by atoms with Crippen LogP contribution in [0.4, 0.5) is 0 Å². The van der Waals surface area contributed by atoms with E-state index in [-0.39, 0.29) is 16.8 Å². The molecule has 1 saturated carbocycles. The van der Waals surface area contributed by atoms with Crippen molar-refractivity contribution in [3.8, 4) is 12.1 Å². The highest BCUT2D eigenvalue weighted by molar-refractivity contribution is 5.95. The lowest BCUT2D eigenvalue weighted by Gasteiger charge is -2.38. The van der Waals surface area contributed by atoms with Gasteiger partial charge in [-0.05, 0) is 33.6 Å². The number of amidine groups is 1. The number of nitrogens with zero attached hydrogens (tertiary/aromatic N) is 3. The maximum Gasteiger partial charge on any atom is 0.153 e. The van der Waals surface area contributed by atoms with Gasteiger partial charge in [-0.15, -0.1) is 0 Å². The second-order valence-electron chi connectivity index (χ2n) is 6.14. The lowest BCUT2D eigenvalue weighted by Crippen LogP contribution is -2.59. The average molecular weight is 257 g/mol. The van der Waals surface area contributed by atoms with E-state index in [1.54, 1.807) is 0 Å². The summed E-state index contributed by atoms with van der Waals surface area (Å²) in [5.41, 5.74) is 0.0866. The smallest absolute Gasteiger partial charge is 0.153 e. The minimum Gasteiger partial charge on any atom is -0.362 e. The Kier molecular flexibility index (Phi) is 3.24. The van der Waals surface area contributed by atoms with Crippen molar-refractivity contribution in [2.75, 3.05) is 0 Å². The number of hydrogen-bond donors (Lipinski definition) is 2. The highest BCUT2D eigenvalue weighted by atomic mass is 15.2. The molecule has 5 heteroatoms. The van der Waals surface area contributed by atoms with Crippen LogP contribution in [0.5, 0.6) is 0 Å². The van der Waals surface area contributed by atoms with Crippen molar-refractivity contribution in [3.05, 3.63) is 11.4 Å². The van der Waals surface area contributed by atoms with Crippen LogP contribution in [0.15, 0.2) is 16.4 Å². The molecule has 0 atom stereocenters. The third kappa shape index (κ3) is 2.56. The average Bonchev–Trinajstić information content (AvgIpc) is 2.79. The van der Waals surface area contributed by atoms with Gasteiger partial charge in [-0.1, -0.05) is 12.8 Å². The van der Waals surface area contributed by atoms with E-state index in [1.165, 1.54) is 0 Å². The van der Waals surface area contributed by atoms with E-state index < -0.39 is 0 Å². The Morgan fingerprint density at radius 2 is 1.68 bits per heavy atom. The van der Waals surface area contributed by atoms with Crippen LogP contribution in [0.25, 0.3) is 0 Å². The predicted molar refractivity (Wildman–Crippen MR) is 72.9 cm³/mol. The summed E-state index contributed by atoms with van der Waals surface area (Å²) in [6, 6.07) is 4.10. The molecule has 19 heavy (non-hydrogen) atoms. The van der Waals surface area contributed by atoms with E-state index in [1.807, 2.05) is 26.8 Å². The van der Waals surface area contributed by atoms with E-state index in [9.17, 15) is 0 Å². The molecule has 0 unspecified atom stereocenters. The molecule has 2 N–H and O–H groups in total. The van der Waals surface area contributed by atoms with Gasteiger partial charge in [0.1, 0.15) is 23.7 Å². The molecule has 0 bridgehead atoms. The first-order chi connectivity index (χ1) is 8.90. The maximum atomic E-state index is 9.15. The number of allylic oxidation sites excluding steroid dienone is 2. The number of aliphatic imine (C=N–C) groups is 1. The molecule has 1 heterocycles. The van der Waals surface area contributed by atoms with Crippen LogP contribution in [0.1, 0.15) is 46.5 Å². The molecular weight excluding hydrogens is 238 g/mol. The lowest BCUT2D eigenvalue weighted by molar-refractivity contribution is 0.455. The topological polar surface area (TPSA) is 84.0 Å². The molecule has 2 rings (SSSR count). The van der Waals surface area contributed by atoms with Crippen LogP contribution < -0.4 is 10.6 Å². The third-order valence-corrected chi connectivity index (χ3v) is 3.44. The highest BCUT2D eigenvalue weighted by Crippen LogP contribution is 2.34. The van der Waals surface area contributed by atoms with Crippen LogP contribution in [0, 0.1) is 22.7 Å². The Morgan fingerprint density at radius 1 is 1.11 bits per heavy atom. The van der Waals surface area contributed by atoms with Gasteiger partial charge in [-0.2, -0.15) is 10.5 Å². The summed E-state index contributed by atoms with van der Waals surface area (Å²) >= 11 is 0. The van der Waals surface area contributed by atoms with Gasteiger partial charge in [0.2, 0.25) is 0 Å². The van der Waals surface area contributed by atoms with Crippen LogP contribution in [0.3, 0.4) is 0 Å². The Balaban J connectivity index is 2.48. The molecule has 5 nitrogen and oxygen atoms in total. The third-order valence-electron chi connectivity index (χ3n) is 3.44. The molecule has 0 amide bonds. The Bertz CT molecular complexity index is 516. The fourth-order valence-corrected chi connectivity index (χ4v) is 2.64. The quantitative estimate of drug-likeness (QED) is 0.694. The van der Waals surface area contributed by atoms with Crippen molar-refractivity contribution in [1.29, 1.82) is 10.5 Å². The summed E-state index contributed by atoms with van der Waals surface area (Å²) in [5, 5.41) is 24.6. The molecule has 2 aliphatic rings. The van der Waals surface area contributed by atoms with Gasteiger partial charge in [-0.25, -0.2) is 0 Å². The first-order valence-electron chi connectivity index (χ1n) is 6.60. The van der Waals surface area contributed by atoms with Crippen molar-refractivity contribution >= 4 is 5.84 Å². The van der Waals surface area contributed by atoms with Gasteiger partial charge in [0, 0.05) is 0 Å². The Hall–Kier alpha value is -2.01. The number of nitrogens with one attached hydrogen (secondary N) is 2. The SMILES string of the molecule is CC(C)(C)N=C1NC(C#N)=C(C#N)NC12CCCC2. The molecule has 1 aliphatic heterocycles. The number of hydrogen-bond acceptors (Lipinski definition) is 4. The van der Waals surface area contributed by atoms with Gasteiger partial charge < -0.3 is 10.6 Å². The van der Waals surface area contributed by atoms with Crippen molar-refractivity contribution in [1.82, 2.24) is 10.6 Å². The summed E-state index contributed by atoms with van der Waals surface area (Å²) in [4.78, 5) is 4.72. The summed E-state index contributed by atoms with van der Waals surface area (Å²) < 4.78 is 0. The first kappa shape index (κ1) is 13.4. The second-order valence-corrected chi connectivity index (χ2v) is 6.14. The molecule has 1 spiro atoms. The molecule has 0 aromatic rings. The Labute approximate surface area is 114 Å². The summed E-state index contributed by atoms with van der Waals surface area (Å²) in [6.45, 7) is 6.08. The molecule has 0 aromatic heterocycles. The fourth-order valence-electron chi connectivity index (χ4n) is 2.64. The largest absolute Gasteiger partial charge is 0.362 e. The number of nitriles is 2. The maximum absolute atomic E-state index is 9.15. The normalized spacial score (nSPS) is 23.7. The highest BCUT2D eigenvalue weighted by Gasteiger charge is 2.43. The summed E-state index contributed by atoms with van der Waals surface area (Å²) in [6.07, 6.45) is 4.11. The molecule has 0 aromatic carbocycles. The summed E-state index contributed by atoms with van der Waals surface area (Å²) in [7, 11) is 0. The zero-order chi connectivity index (χ0) is 14.1. The van der Waals surface area contributed by atoms with Crippen molar-refractivity contribution in [2.24, 2.45) is 4.99 Å². The van der Waals surface area contributed by atoms with Crippen molar-refractivity contribution in [3.63, 3.8) is 0 Å². The molecule has 1 fully saturated rings. The van der Waals surface area contributed by atoms with E-state index in [2.05, 4.69) is 16.7 Å². The van der Waals surface area contributed by atoms with Gasteiger partial charge in [-0.3, -0.25) is 4.99 Å². The molecule has 1 aliphatic carbocycles. The van der Waals surface area contributed by atoms with Crippen LogP contribution in [0.2, 0.25) is 0 Å². The summed E-state index contributed by atoms with van der Waals surface area (Å²) in [5.74, 6) is 0.799. The van der Waals surface area contributed by atoms with Gasteiger partial charge in [0.15, 0.2) is 5.70 Å². The van der Waals surface area contributed by atoms with E-state index in [0.29, 0.717) is 5.70 Å². The van der Waals surface area contributed by atoms with Crippen LogP contribution >= 0.6 is 0 Å². The van der Waals surface area contributed by atoms with E-state index >= 15 is 0 Å². The van der Waals surface area contributed by atoms with E-state index in [0.717, 1.165) is 31.5 Å². The van der Waals surface area contributed by atoms with Gasteiger partial charge in [0.05, 0.1) is 11.1 Å². The van der Waals surface area contributed by atoms with Gasteiger partial charge >= 0.3 is 0 Å². The molecule has 0 radical (unpaired) electrons. The predicted octanol–water partition coefficient (Wildman–Crippen LogP) is 1.95. The zero-order valence-electron chi connectivity index (χ0n) is 11.7. The second kappa shape index (κ2) is 4.59. The van der Waals surface area contributed by atoms with Crippen LogP contribution in [-0.2, 0) is 0 Å². The van der Waals surface area contributed by atoms with E-state index in [4.69, 9.17) is 15.5 Å². The van der Waals surface area contributed by atoms with Crippen molar-refractivity contribution < 1.29 is 0 Å². The zero-order valence-corrected chi connectivity index (χ0v) is 11.7.